The molecule has 6 nitrogen and oxygen atoms in total. The van der Waals surface area contributed by atoms with Gasteiger partial charge < -0.3 is 14.7 Å². The Balaban J connectivity index is 1.84. The molecule has 1 amide bonds. The van der Waals surface area contributed by atoms with Gasteiger partial charge in [0.05, 0.1) is 0 Å². The van der Waals surface area contributed by atoms with Crippen molar-refractivity contribution in [3.63, 3.8) is 0 Å². The summed E-state index contributed by atoms with van der Waals surface area (Å²) in [5.74, 6) is 1.31. The first kappa shape index (κ1) is 13.0. The number of aromatic nitrogens is 2. The Morgan fingerprint density at radius 3 is 2.67 bits per heavy atom. The van der Waals surface area contributed by atoms with Crippen molar-refractivity contribution < 1.29 is 9.32 Å². The summed E-state index contributed by atoms with van der Waals surface area (Å²) in [5, 5.41) is 7.12. The molecule has 0 aliphatic carbocycles. The molecule has 6 heteroatoms. The zero-order valence-electron chi connectivity index (χ0n) is 11.1. The lowest BCUT2D eigenvalue weighted by Crippen LogP contribution is -2.55. The lowest BCUT2D eigenvalue weighted by molar-refractivity contribution is -0.133. The maximum absolute atomic E-state index is 12.1. The molecule has 0 spiro atoms. The third-order valence-electron chi connectivity index (χ3n) is 3.03. The minimum Gasteiger partial charge on any atom is -0.340 e. The predicted octanol–water partition coefficient (Wildman–Crippen LogP) is 0.519. The number of nitrogens with one attached hydrogen (secondary N) is 1. The van der Waals surface area contributed by atoms with E-state index in [2.05, 4.69) is 29.3 Å². The molecule has 2 heterocycles. The molecule has 1 aliphatic rings. The first-order chi connectivity index (χ1) is 8.54. The number of carbonyl (C=O) groups excluding carboxylic acids is 1. The molecule has 1 aromatic heterocycles. The van der Waals surface area contributed by atoms with Gasteiger partial charge in [-0.05, 0) is 20.8 Å². The fraction of sp³-hybridized carbons (Fsp3) is 0.750. The standard InChI is InChI=1S/C12H20N4O2/c1-8-6-16(7-9(2)13-8)12(17)5-4-11-14-10(3)15-18-11/h8-9,13H,4-7H2,1-3H3/t8-,9-/m1/s1. The van der Waals surface area contributed by atoms with Gasteiger partial charge >= 0.3 is 0 Å². The van der Waals surface area contributed by atoms with Crippen LogP contribution in [0.25, 0.3) is 0 Å². The highest BCUT2D eigenvalue weighted by molar-refractivity contribution is 5.76. The molecule has 100 valence electrons. The monoisotopic (exact) mass is 252 g/mol. The summed E-state index contributed by atoms with van der Waals surface area (Å²) in [6, 6.07) is 0.701. The van der Waals surface area contributed by atoms with Gasteiger partial charge in [0.25, 0.3) is 0 Å². The van der Waals surface area contributed by atoms with E-state index in [-0.39, 0.29) is 5.91 Å². The van der Waals surface area contributed by atoms with E-state index >= 15 is 0 Å². The highest BCUT2D eigenvalue weighted by Gasteiger charge is 2.24. The summed E-state index contributed by atoms with van der Waals surface area (Å²) >= 11 is 0. The van der Waals surface area contributed by atoms with Crippen LogP contribution in [-0.2, 0) is 11.2 Å². The fourth-order valence-corrected chi connectivity index (χ4v) is 2.34. The molecule has 0 unspecified atom stereocenters. The number of hydrogen-bond donors (Lipinski definition) is 1. The van der Waals surface area contributed by atoms with Crippen LogP contribution in [-0.4, -0.2) is 46.1 Å². The van der Waals surface area contributed by atoms with Gasteiger partial charge in [0.1, 0.15) is 0 Å². The fourth-order valence-electron chi connectivity index (χ4n) is 2.34. The number of hydrogen-bond acceptors (Lipinski definition) is 5. The van der Waals surface area contributed by atoms with E-state index in [9.17, 15) is 4.79 Å². The zero-order chi connectivity index (χ0) is 13.1. The van der Waals surface area contributed by atoms with Gasteiger partial charge in [-0.15, -0.1) is 0 Å². The van der Waals surface area contributed by atoms with Crippen molar-refractivity contribution in [3.05, 3.63) is 11.7 Å². The van der Waals surface area contributed by atoms with E-state index in [1.54, 1.807) is 6.92 Å². The Bertz CT molecular complexity index is 408. The van der Waals surface area contributed by atoms with Crippen LogP contribution in [0.4, 0.5) is 0 Å². The van der Waals surface area contributed by atoms with Crippen LogP contribution < -0.4 is 5.32 Å². The van der Waals surface area contributed by atoms with E-state index in [0.29, 0.717) is 36.6 Å². The quantitative estimate of drug-likeness (QED) is 0.849. The number of aryl methyl sites for hydroxylation is 2. The van der Waals surface area contributed by atoms with E-state index in [1.165, 1.54) is 0 Å². The first-order valence-electron chi connectivity index (χ1n) is 6.37. The van der Waals surface area contributed by atoms with Crippen molar-refractivity contribution in [1.29, 1.82) is 0 Å². The van der Waals surface area contributed by atoms with E-state index in [1.807, 2.05) is 4.90 Å². The first-order valence-corrected chi connectivity index (χ1v) is 6.37. The zero-order valence-corrected chi connectivity index (χ0v) is 11.1. The van der Waals surface area contributed by atoms with Crippen LogP contribution in [0.2, 0.25) is 0 Å². The maximum atomic E-state index is 12.1. The van der Waals surface area contributed by atoms with Crippen molar-refractivity contribution >= 4 is 5.91 Å². The molecule has 0 saturated carbocycles. The Hall–Kier alpha value is -1.43. The lowest BCUT2D eigenvalue weighted by atomic mass is 10.1. The molecule has 0 aromatic carbocycles. The third-order valence-corrected chi connectivity index (χ3v) is 3.03. The molecular weight excluding hydrogens is 232 g/mol. The van der Waals surface area contributed by atoms with Gasteiger partial charge in [-0.1, -0.05) is 5.16 Å². The molecular formula is C12H20N4O2. The van der Waals surface area contributed by atoms with Crippen molar-refractivity contribution in [1.82, 2.24) is 20.4 Å². The van der Waals surface area contributed by atoms with Gasteiger partial charge in [0, 0.05) is 38.0 Å². The summed E-state index contributed by atoms with van der Waals surface area (Å²) in [6.07, 6.45) is 0.952. The molecule has 0 bridgehead atoms. The summed E-state index contributed by atoms with van der Waals surface area (Å²) in [6.45, 7) is 7.50. The van der Waals surface area contributed by atoms with Crippen molar-refractivity contribution in [2.45, 2.75) is 45.7 Å². The molecule has 1 N–H and O–H groups in total. The molecule has 18 heavy (non-hydrogen) atoms. The second-order valence-electron chi connectivity index (χ2n) is 5.00. The molecule has 2 atom stereocenters. The van der Waals surface area contributed by atoms with Crippen LogP contribution in [0.3, 0.4) is 0 Å². The molecule has 1 fully saturated rings. The van der Waals surface area contributed by atoms with E-state index < -0.39 is 0 Å². The summed E-state index contributed by atoms with van der Waals surface area (Å²) in [4.78, 5) is 18.1. The smallest absolute Gasteiger partial charge is 0.227 e. The van der Waals surface area contributed by atoms with E-state index in [0.717, 1.165) is 13.1 Å². The predicted molar refractivity (Wildman–Crippen MR) is 66.0 cm³/mol. The average Bonchev–Trinajstić information content (AvgIpc) is 2.70. The molecule has 0 radical (unpaired) electrons. The lowest BCUT2D eigenvalue weighted by Gasteiger charge is -2.36. The van der Waals surface area contributed by atoms with Crippen LogP contribution in [0, 0.1) is 6.92 Å². The normalized spacial score (nSPS) is 24.3. The summed E-state index contributed by atoms with van der Waals surface area (Å²) in [7, 11) is 0. The van der Waals surface area contributed by atoms with Gasteiger partial charge in [-0.2, -0.15) is 4.98 Å². The third kappa shape index (κ3) is 3.29. The van der Waals surface area contributed by atoms with Gasteiger partial charge in [0.2, 0.25) is 11.8 Å². The Morgan fingerprint density at radius 2 is 2.11 bits per heavy atom. The van der Waals surface area contributed by atoms with Crippen molar-refractivity contribution in [2.75, 3.05) is 13.1 Å². The van der Waals surface area contributed by atoms with Crippen molar-refractivity contribution in [3.8, 4) is 0 Å². The molecule has 1 saturated heterocycles. The maximum Gasteiger partial charge on any atom is 0.227 e. The number of carbonyl (C=O) groups is 1. The van der Waals surface area contributed by atoms with E-state index in [4.69, 9.17) is 4.52 Å². The van der Waals surface area contributed by atoms with Crippen LogP contribution in [0.5, 0.6) is 0 Å². The second kappa shape index (κ2) is 5.48. The number of rotatable bonds is 3. The van der Waals surface area contributed by atoms with Crippen LogP contribution in [0.1, 0.15) is 32.0 Å². The largest absolute Gasteiger partial charge is 0.340 e. The highest BCUT2D eigenvalue weighted by atomic mass is 16.5. The Kier molecular flexibility index (Phi) is 3.96. The summed E-state index contributed by atoms with van der Waals surface area (Å²) < 4.78 is 5.00. The average molecular weight is 252 g/mol. The number of amides is 1. The Labute approximate surface area is 107 Å². The highest BCUT2D eigenvalue weighted by Crippen LogP contribution is 2.08. The molecule has 1 aromatic rings. The van der Waals surface area contributed by atoms with Gasteiger partial charge in [0.15, 0.2) is 5.82 Å². The SMILES string of the molecule is Cc1noc(CCC(=O)N2C[C@@H](C)N[C@H](C)C2)n1. The number of piperazine rings is 1. The topological polar surface area (TPSA) is 71.3 Å². The second-order valence-corrected chi connectivity index (χ2v) is 5.00. The van der Waals surface area contributed by atoms with Gasteiger partial charge in [-0.25, -0.2) is 0 Å². The minimum atomic E-state index is 0.158. The molecule has 2 rings (SSSR count). The summed E-state index contributed by atoms with van der Waals surface area (Å²) in [5.41, 5.74) is 0. The van der Waals surface area contributed by atoms with Crippen LogP contribution >= 0.6 is 0 Å². The number of nitrogens with zero attached hydrogens (tertiary/aromatic N) is 3. The minimum absolute atomic E-state index is 0.158. The van der Waals surface area contributed by atoms with Crippen molar-refractivity contribution in [2.24, 2.45) is 0 Å². The van der Waals surface area contributed by atoms with Gasteiger partial charge in [-0.3, -0.25) is 4.79 Å². The van der Waals surface area contributed by atoms with Crippen LogP contribution in [0.15, 0.2) is 4.52 Å². The molecule has 1 aliphatic heterocycles. The Morgan fingerprint density at radius 1 is 1.44 bits per heavy atom.